The van der Waals surface area contributed by atoms with Gasteiger partial charge in [0.1, 0.15) is 0 Å². The van der Waals surface area contributed by atoms with Crippen LogP contribution in [0.4, 0.5) is 0 Å². The van der Waals surface area contributed by atoms with Gasteiger partial charge in [0, 0.05) is 11.8 Å². The average Bonchev–Trinajstić information content (AvgIpc) is 1.60. The number of primary amides is 1. The number of hydrogen-bond acceptors (Lipinski definition) is 2. The van der Waals surface area contributed by atoms with Crippen molar-refractivity contribution in [1.82, 2.24) is 0 Å². The second-order valence-corrected chi connectivity index (χ2v) is 2.95. The van der Waals surface area contributed by atoms with Crippen molar-refractivity contribution in [2.75, 3.05) is 13.2 Å². The van der Waals surface area contributed by atoms with E-state index in [-0.39, 0.29) is 11.3 Å². The molecular formula is C6H11NO2. The first kappa shape index (κ1) is 6.55. The maximum atomic E-state index is 10.4. The van der Waals surface area contributed by atoms with Gasteiger partial charge in [0.25, 0.3) is 0 Å². The number of rotatable bonds is 2. The normalized spacial score (nSPS) is 22.8. The molecule has 0 aromatic carbocycles. The molecule has 1 heterocycles. The zero-order valence-corrected chi connectivity index (χ0v) is 5.52. The van der Waals surface area contributed by atoms with Crippen LogP contribution in [0.1, 0.15) is 13.3 Å². The highest BCUT2D eigenvalue weighted by atomic mass is 16.5. The zero-order valence-electron chi connectivity index (χ0n) is 5.52. The van der Waals surface area contributed by atoms with Crippen LogP contribution in [0.15, 0.2) is 0 Å². The SMILES string of the molecule is CC1(CC(N)=O)COC1. The predicted molar refractivity (Wildman–Crippen MR) is 32.7 cm³/mol. The molecule has 1 amide bonds. The first-order valence-electron chi connectivity index (χ1n) is 2.98. The topological polar surface area (TPSA) is 52.3 Å². The minimum absolute atomic E-state index is 0.0475. The van der Waals surface area contributed by atoms with Crippen molar-refractivity contribution in [3.8, 4) is 0 Å². The van der Waals surface area contributed by atoms with Crippen LogP contribution in [0.2, 0.25) is 0 Å². The summed E-state index contributed by atoms with van der Waals surface area (Å²) in [6.07, 6.45) is 0.451. The van der Waals surface area contributed by atoms with Crippen LogP contribution >= 0.6 is 0 Å². The van der Waals surface area contributed by atoms with Crippen LogP contribution < -0.4 is 5.73 Å². The third-order valence-electron chi connectivity index (χ3n) is 1.50. The Hall–Kier alpha value is -0.570. The summed E-state index contributed by atoms with van der Waals surface area (Å²) in [7, 11) is 0. The van der Waals surface area contributed by atoms with E-state index in [0.29, 0.717) is 19.6 Å². The molecule has 3 nitrogen and oxygen atoms in total. The molecule has 0 unspecified atom stereocenters. The molecule has 1 rings (SSSR count). The van der Waals surface area contributed by atoms with Gasteiger partial charge in [-0.1, -0.05) is 6.92 Å². The van der Waals surface area contributed by atoms with Gasteiger partial charge in [-0.2, -0.15) is 0 Å². The van der Waals surface area contributed by atoms with Crippen molar-refractivity contribution < 1.29 is 9.53 Å². The fraction of sp³-hybridized carbons (Fsp3) is 0.833. The second kappa shape index (κ2) is 1.99. The van der Waals surface area contributed by atoms with Crippen LogP contribution in [0.25, 0.3) is 0 Å². The summed E-state index contributed by atoms with van der Waals surface area (Å²) in [5, 5.41) is 0. The standard InChI is InChI=1S/C6H11NO2/c1-6(2-5(7)8)3-9-4-6/h2-4H2,1H3,(H2,7,8). The number of amides is 1. The summed E-state index contributed by atoms with van der Waals surface area (Å²) < 4.78 is 4.93. The van der Waals surface area contributed by atoms with Crippen molar-refractivity contribution in [2.45, 2.75) is 13.3 Å². The molecular weight excluding hydrogens is 118 g/mol. The van der Waals surface area contributed by atoms with Gasteiger partial charge in [-0.15, -0.1) is 0 Å². The van der Waals surface area contributed by atoms with Crippen molar-refractivity contribution in [3.05, 3.63) is 0 Å². The Morgan fingerprint density at radius 3 is 2.44 bits per heavy atom. The Morgan fingerprint density at radius 2 is 2.33 bits per heavy atom. The fourth-order valence-corrected chi connectivity index (χ4v) is 0.973. The number of carbonyl (C=O) groups is 1. The molecule has 0 radical (unpaired) electrons. The summed E-state index contributed by atoms with van der Waals surface area (Å²) in [6.45, 7) is 3.35. The Kier molecular flexibility index (Phi) is 1.45. The van der Waals surface area contributed by atoms with Crippen LogP contribution in [0.5, 0.6) is 0 Å². The van der Waals surface area contributed by atoms with Gasteiger partial charge in [-0.25, -0.2) is 0 Å². The van der Waals surface area contributed by atoms with Crippen molar-refractivity contribution >= 4 is 5.91 Å². The van der Waals surface area contributed by atoms with E-state index < -0.39 is 0 Å². The molecule has 0 aliphatic carbocycles. The van der Waals surface area contributed by atoms with Gasteiger partial charge in [0.05, 0.1) is 13.2 Å². The Labute approximate surface area is 54.2 Å². The van der Waals surface area contributed by atoms with E-state index in [1.54, 1.807) is 0 Å². The lowest BCUT2D eigenvalue weighted by molar-refractivity contribution is -0.136. The van der Waals surface area contributed by atoms with Crippen LogP contribution in [-0.4, -0.2) is 19.1 Å². The summed E-state index contributed by atoms with van der Waals surface area (Å²) in [5.41, 5.74) is 5.04. The number of carbonyl (C=O) groups excluding carboxylic acids is 1. The van der Waals surface area contributed by atoms with Gasteiger partial charge in [-0.05, 0) is 0 Å². The molecule has 9 heavy (non-hydrogen) atoms. The van der Waals surface area contributed by atoms with Gasteiger partial charge >= 0.3 is 0 Å². The first-order valence-corrected chi connectivity index (χ1v) is 2.98. The number of ether oxygens (including phenoxy) is 1. The fourth-order valence-electron chi connectivity index (χ4n) is 0.973. The van der Waals surface area contributed by atoms with Crippen LogP contribution in [0.3, 0.4) is 0 Å². The highest BCUT2D eigenvalue weighted by Gasteiger charge is 2.34. The third-order valence-corrected chi connectivity index (χ3v) is 1.50. The quantitative estimate of drug-likeness (QED) is 0.566. The lowest BCUT2D eigenvalue weighted by Gasteiger charge is -2.36. The van der Waals surface area contributed by atoms with Crippen molar-refractivity contribution in [2.24, 2.45) is 11.1 Å². The summed E-state index contributed by atoms with van der Waals surface area (Å²) in [4.78, 5) is 10.4. The Morgan fingerprint density at radius 1 is 1.78 bits per heavy atom. The van der Waals surface area contributed by atoms with E-state index in [9.17, 15) is 4.79 Å². The molecule has 0 aromatic rings. The smallest absolute Gasteiger partial charge is 0.218 e. The monoisotopic (exact) mass is 129 g/mol. The second-order valence-electron chi connectivity index (χ2n) is 2.95. The zero-order chi connectivity index (χ0) is 6.91. The molecule has 1 saturated heterocycles. The van der Waals surface area contributed by atoms with E-state index >= 15 is 0 Å². The molecule has 0 saturated carbocycles. The summed E-state index contributed by atoms with van der Waals surface area (Å²) >= 11 is 0. The molecule has 3 heteroatoms. The Balaban J connectivity index is 2.33. The van der Waals surface area contributed by atoms with Gasteiger partial charge in [0.15, 0.2) is 0 Å². The minimum Gasteiger partial charge on any atom is -0.380 e. The van der Waals surface area contributed by atoms with Crippen molar-refractivity contribution in [1.29, 1.82) is 0 Å². The maximum absolute atomic E-state index is 10.4. The van der Waals surface area contributed by atoms with Gasteiger partial charge < -0.3 is 10.5 Å². The Bertz CT molecular complexity index is 129. The molecule has 2 N–H and O–H groups in total. The lowest BCUT2D eigenvalue weighted by Crippen LogP contribution is -2.42. The molecule has 0 spiro atoms. The summed E-state index contributed by atoms with van der Waals surface area (Å²) in [6, 6.07) is 0. The molecule has 0 aromatic heterocycles. The highest BCUT2D eigenvalue weighted by Crippen LogP contribution is 2.29. The van der Waals surface area contributed by atoms with E-state index in [2.05, 4.69) is 0 Å². The minimum atomic E-state index is -0.235. The molecule has 1 fully saturated rings. The predicted octanol–water partition coefficient (Wildman–Crippen LogP) is -0.102. The van der Waals surface area contributed by atoms with E-state index in [1.165, 1.54) is 0 Å². The molecule has 1 aliphatic heterocycles. The van der Waals surface area contributed by atoms with Crippen LogP contribution in [-0.2, 0) is 9.53 Å². The van der Waals surface area contributed by atoms with Crippen molar-refractivity contribution in [3.63, 3.8) is 0 Å². The van der Waals surface area contributed by atoms with E-state index in [0.717, 1.165) is 0 Å². The van der Waals surface area contributed by atoms with Crippen LogP contribution in [0, 0.1) is 5.41 Å². The van der Waals surface area contributed by atoms with Gasteiger partial charge in [-0.3, -0.25) is 4.79 Å². The molecule has 0 bridgehead atoms. The van der Waals surface area contributed by atoms with Gasteiger partial charge in [0.2, 0.25) is 5.91 Å². The van der Waals surface area contributed by atoms with E-state index in [4.69, 9.17) is 10.5 Å². The average molecular weight is 129 g/mol. The third kappa shape index (κ3) is 1.42. The number of hydrogen-bond donors (Lipinski definition) is 1. The summed E-state index contributed by atoms with van der Waals surface area (Å²) in [5.74, 6) is -0.235. The maximum Gasteiger partial charge on any atom is 0.218 e. The number of nitrogens with two attached hydrogens (primary N) is 1. The lowest BCUT2D eigenvalue weighted by atomic mass is 9.85. The molecule has 0 atom stereocenters. The molecule has 52 valence electrons. The molecule has 1 aliphatic rings. The first-order chi connectivity index (χ1) is 4.12. The highest BCUT2D eigenvalue weighted by molar-refractivity contribution is 5.74. The largest absolute Gasteiger partial charge is 0.380 e. The van der Waals surface area contributed by atoms with E-state index in [1.807, 2.05) is 6.92 Å².